The fourth-order valence-electron chi connectivity index (χ4n) is 3.51. The number of carbonyl (C=O) groups excluding carboxylic acids is 1. The van der Waals surface area contributed by atoms with Crippen molar-refractivity contribution >= 4 is 17.7 Å². The normalized spacial score (nSPS) is 24.3. The summed E-state index contributed by atoms with van der Waals surface area (Å²) in [7, 11) is 0. The minimum Gasteiger partial charge on any atom is -0.465 e. The van der Waals surface area contributed by atoms with Gasteiger partial charge in [-0.3, -0.25) is 9.78 Å². The van der Waals surface area contributed by atoms with Crippen molar-refractivity contribution in [3.05, 3.63) is 23.5 Å². The van der Waals surface area contributed by atoms with E-state index in [-0.39, 0.29) is 18.0 Å². The number of hydrogen-bond donors (Lipinski definition) is 1. The Morgan fingerprint density at radius 1 is 1.36 bits per heavy atom. The number of amides is 2. The molecule has 1 aromatic heterocycles. The van der Waals surface area contributed by atoms with Crippen LogP contribution in [0.5, 0.6) is 0 Å². The van der Waals surface area contributed by atoms with Gasteiger partial charge in [-0.1, -0.05) is 0 Å². The monoisotopic (exact) mass is 303 g/mol. The predicted octanol–water partition coefficient (Wildman–Crippen LogP) is 2.16. The van der Waals surface area contributed by atoms with Crippen molar-refractivity contribution in [2.45, 2.75) is 45.1 Å². The fourth-order valence-corrected chi connectivity index (χ4v) is 3.51. The van der Waals surface area contributed by atoms with Gasteiger partial charge in [-0.2, -0.15) is 0 Å². The minimum atomic E-state index is -0.979. The smallest absolute Gasteiger partial charge is 0.407 e. The summed E-state index contributed by atoms with van der Waals surface area (Å²) in [6, 6.07) is 3.83. The fraction of sp³-hybridized carbons (Fsp3) is 0.562. The summed E-state index contributed by atoms with van der Waals surface area (Å²) in [4.78, 5) is 32.2. The third-order valence-corrected chi connectivity index (χ3v) is 4.53. The molecule has 2 amide bonds. The van der Waals surface area contributed by atoms with Crippen molar-refractivity contribution in [2.75, 3.05) is 18.0 Å². The van der Waals surface area contributed by atoms with Gasteiger partial charge < -0.3 is 14.9 Å². The van der Waals surface area contributed by atoms with Crippen LogP contribution in [0.4, 0.5) is 10.5 Å². The Hall–Kier alpha value is -2.11. The molecule has 2 aliphatic rings. The molecule has 118 valence electrons. The van der Waals surface area contributed by atoms with Crippen LogP contribution in [0.2, 0.25) is 0 Å². The number of aryl methyl sites for hydroxylation is 1. The van der Waals surface area contributed by atoms with Gasteiger partial charge in [-0.25, -0.2) is 4.79 Å². The van der Waals surface area contributed by atoms with E-state index in [9.17, 15) is 14.7 Å². The van der Waals surface area contributed by atoms with Crippen molar-refractivity contribution < 1.29 is 14.7 Å². The van der Waals surface area contributed by atoms with E-state index in [1.807, 2.05) is 39.8 Å². The van der Waals surface area contributed by atoms with E-state index in [4.69, 9.17) is 0 Å². The van der Waals surface area contributed by atoms with Crippen molar-refractivity contribution in [3.63, 3.8) is 0 Å². The van der Waals surface area contributed by atoms with E-state index in [0.29, 0.717) is 13.0 Å². The van der Waals surface area contributed by atoms with Crippen LogP contribution in [0.15, 0.2) is 12.1 Å². The van der Waals surface area contributed by atoms with Crippen LogP contribution in [0.1, 0.15) is 38.6 Å². The first-order valence-electron chi connectivity index (χ1n) is 7.47. The van der Waals surface area contributed by atoms with Crippen LogP contribution in [0.25, 0.3) is 0 Å². The van der Waals surface area contributed by atoms with Crippen molar-refractivity contribution in [1.82, 2.24) is 9.88 Å². The Morgan fingerprint density at radius 2 is 2.05 bits per heavy atom. The zero-order valence-electron chi connectivity index (χ0n) is 13.4. The summed E-state index contributed by atoms with van der Waals surface area (Å²) >= 11 is 0. The second-order valence-corrected chi connectivity index (χ2v) is 7.17. The first kappa shape index (κ1) is 14.8. The molecule has 1 atom stereocenters. The Labute approximate surface area is 129 Å². The van der Waals surface area contributed by atoms with Gasteiger partial charge in [0.2, 0.25) is 5.91 Å². The van der Waals surface area contributed by atoms with Crippen molar-refractivity contribution in [3.8, 4) is 0 Å². The zero-order chi connectivity index (χ0) is 16.3. The van der Waals surface area contributed by atoms with Crippen molar-refractivity contribution in [1.29, 1.82) is 0 Å². The molecule has 6 heteroatoms. The molecule has 0 saturated carbocycles. The van der Waals surface area contributed by atoms with Crippen LogP contribution in [-0.2, 0) is 10.2 Å². The lowest BCUT2D eigenvalue weighted by Gasteiger charge is -2.33. The van der Waals surface area contributed by atoms with Crippen LogP contribution in [0.3, 0.4) is 0 Å². The molecule has 6 nitrogen and oxygen atoms in total. The molecule has 2 aliphatic heterocycles. The molecule has 3 heterocycles. The summed E-state index contributed by atoms with van der Waals surface area (Å²) in [5, 5.41) is 9.25. The van der Waals surface area contributed by atoms with Gasteiger partial charge in [-0.15, -0.1) is 0 Å². The molecule has 1 aromatic rings. The summed E-state index contributed by atoms with van der Waals surface area (Å²) in [5.41, 5.74) is 1.19. The predicted molar refractivity (Wildman–Crippen MR) is 82.1 cm³/mol. The van der Waals surface area contributed by atoms with Gasteiger partial charge >= 0.3 is 6.09 Å². The molecule has 0 aromatic carbocycles. The highest BCUT2D eigenvalue weighted by atomic mass is 16.4. The quantitative estimate of drug-likeness (QED) is 0.797. The molecule has 1 saturated heterocycles. The lowest BCUT2D eigenvalue weighted by Crippen LogP contribution is -2.50. The Kier molecular flexibility index (Phi) is 2.99. The average Bonchev–Trinajstić information content (AvgIpc) is 2.93. The molecule has 1 spiro atoms. The average molecular weight is 303 g/mol. The summed E-state index contributed by atoms with van der Waals surface area (Å²) in [6.45, 7) is 8.40. The first-order chi connectivity index (χ1) is 10.2. The number of rotatable bonds is 0. The maximum absolute atomic E-state index is 13.2. The summed E-state index contributed by atoms with van der Waals surface area (Å²) in [6.07, 6.45) is -0.484. The number of fused-ring (bicyclic) bond motifs is 2. The Bertz CT molecular complexity index is 665. The number of nitrogens with zero attached hydrogens (tertiary/aromatic N) is 3. The number of likely N-dealkylation sites (tertiary alicyclic amines) is 1. The van der Waals surface area contributed by atoms with Crippen LogP contribution in [-0.4, -0.2) is 45.6 Å². The minimum absolute atomic E-state index is 0.0307. The largest absolute Gasteiger partial charge is 0.465 e. The molecular weight excluding hydrogens is 282 g/mol. The highest BCUT2D eigenvalue weighted by Crippen LogP contribution is 2.48. The number of anilines is 1. The van der Waals surface area contributed by atoms with E-state index >= 15 is 0 Å². The van der Waals surface area contributed by atoms with Gasteiger partial charge in [0, 0.05) is 24.3 Å². The summed E-state index contributed by atoms with van der Waals surface area (Å²) < 4.78 is 0. The van der Waals surface area contributed by atoms with Gasteiger partial charge in [-0.05, 0) is 46.2 Å². The number of hydrogen-bond acceptors (Lipinski definition) is 3. The second kappa shape index (κ2) is 4.44. The Morgan fingerprint density at radius 3 is 2.59 bits per heavy atom. The van der Waals surface area contributed by atoms with Gasteiger partial charge in [0.15, 0.2) is 0 Å². The van der Waals surface area contributed by atoms with Gasteiger partial charge in [0.25, 0.3) is 0 Å². The lowest BCUT2D eigenvalue weighted by molar-refractivity contribution is -0.123. The van der Waals surface area contributed by atoms with E-state index in [2.05, 4.69) is 4.98 Å². The molecule has 1 unspecified atom stereocenters. The third kappa shape index (κ3) is 1.90. The maximum atomic E-state index is 13.2. The second-order valence-electron chi connectivity index (χ2n) is 7.17. The SMILES string of the molecule is Cc1ccc2c(n1)C1(CCN(C(=O)O)C1)C(=O)N2C(C)(C)C. The first-order valence-corrected chi connectivity index (χ1v) is 7.47. The summed E-state index contributed by atoms with van der Waals surface area (Å²) in [5.74, 6) is -0.0307. The van der Waals surface area contributed by atoms with Crippen molar-refractivity contribution in [2.24, 2.45) is 0 Å². The molecule has 0 radical (unpaired) electrons. The topological polar surface area (TPSA) is 73.7 Å². The number of pyridine rings is 1. The zero-order valence-corrected chi connectivity index (χ0v) is 13.4. The van der Waals surface area contributed by atoms with Crippen LogP contribution in [0, 0.1) is 6.92 Å². The molecule has 0 bridgehead atoms. The van der Waals surface area contributed by atoms with E-state index < -0.39 is 11.5 Å². The lowest BCUT2D eigenvalue weighted by atomic mass is 9.84. The molecule has 22 heavy (non-hydrogen) atoms. The highest BCUT2D eigenvalue weighted by Gasteiger charge is 2.58. The highest BCUT2D eigenvalue weighted by molar-refractivity contribution is 6.09. The van der Waals surface area contributed by atoms with E-state index in [1.165, 1.54) is 4.90 Å². The third-order valence-electron chi connectivity index (χ3n) is 4.53. The number of carbonyl (C=O) groups is 2. The standard InChI is InChI=1S/C16H21N3O3/c1-10-5-6-11-12(17-10)16(7-8-18(9-16)14(21)22)13(20)19(11)15(2,3)4/h5-6H,7-9H2,1-4H3,(H,21,22). The molecule has 0 aliphatic carbocycles. The van der Waals surface area contributed by atoms with Crippen LogP contribution >= 0.6 is 0 Å². The molecule has 3 rings (SSSR count). The molecular formula is C16H21N3O3. The Balaban J connectivity index is 2.16. The van der Waals surface area contributed by atoms with Gasteiger partial charge in [0.05, 0.1) is 11.4 Å². The molecule has 1 fully saturated rings. The van der Waals surface area contributed by atoms with E-state index in [1.54, 1.807) is 4.90 Å². The molecule has 1 N–H and O–H groups in total. The number of aromatic nitrogens is 1. The van der Waals surface area contributed by atoms with Crippen LogP contribution < -0.4 is 4.90 Å². The van der Waals surface area contributed by atoms with Gasteiger partial charge in [0.1, 0.15) is 5.41 Å². The maximum Gasteiger partial charge on any atom is 0.407 e. The number of carboxylic acid groups (broad SMARTS) is 1. The van der Waals surface area contributed by atoms with E-state index in [0.717, 1.165) is 17.1 Å².